The van der Waals surface area contributed by atoms with Gasteiger partial charge >= 0.3 is 6.18 Å². The summed E-state index contributed by atoms with van der Waals surface area (Å²) in [6.45, 7) is 1.85. The summed E-state index contributed by atoms with van der Waals surface area (Å²) in [5, 5.41) is 0. The number of nitrogens with zero attached hydrogens (tertiary/aromatic N) is 3. The van der Waals surface area contributed by atoms with Crippen molar-refractivity contribution in [1.82, 2.24) is 15.0 Å². The molecule has 0 aliphatic rings. The van der Waals surface area contributed by atoms with E-state index in [0.717, 1.165) is 17.7 Å². The van der Waals surface area contributed by atoms with Crippen LogP contribution in [0, 0.1) is 6.92 Å². The van der Waals surface area contributed by atoms with Crippen molar-refractivity contribution in [3.05, 3.63) is 95.9 Å². The van der Waals surface area contributed by atoms with E-state index in [9.17, 15) is 21.6 Å². The molecule has 0 saturated heterocycles. The van der Waals surface area contributed by atoms with Crippen molar-refractivity contribution in [3.8, 4) is 17.1 Å². The molecule has 4 rings (SSSR count). The largest absolute Gasteiger partial charge is 0.470 e. The number of ether oxygens (including phenoxy) is 1. The Morgan fingerprint density at radius 3 is 2.31 bits per heavy atom. The molecule has 0 spiro atoms. The summed E-state index contributed by atoms with van der Waals surface area (Å²) in [6, 6.07) is 14.1. The molecule has 0 bridgehead atoms. The van der Waals surface area contributed by atoms with E-state index in [1.165, 1.54) is 30.5 Å². The first-order valence-corrected chi connectivity index (χ1v) is 11.8. The van der Waals surface area contributed by atoms with Crippen molar-refractivity contribution in [1.29, 1.82) is 0 Å². The fourth-order valence-corrected chi connectivity index (χ4v) is 4.06. The minimum atomic E-state index is -4.47. The lowest BCUT2D eigenvalue weighted by molar-refractivity contribution is -0.137. The van der Waals surface area contributed by atoms with Gasteiger partial charge < -0.3 is 4.74 Å². The number of sulfonamides is 1. The summed E-state index contributed by atoms with van der Waals surface area (Å²) >= 11 is 0. The maximum atomic E-state index is 12.9. The molecule has 7 nitrogen and oxygen atoms in total. The average Bonchev–Trinajstić information content (AvgIpc) is 2.84. The van der Waals surface area contributed by atoms with Crippen LogP contribution in [0.15, 0.2) is 84.1 Å². The third kappa shape index (κ3) is 5.93. The summed E-state index contributed by atoms with van der Waals surface area (Å²) in [5.74, 6) is -0.299. The van der Waals surface area contributed by atoms with Crippen molar-refractivity contribution in [2.24, 2.45) is 0 Å². The van der Waals surface area contributed by atoms with Gasteiger partial charge in [0.2, 0.25) is 5.82 Å². The molecule has 0 fully saturated rings. The lowest BCUT2D eigenvalue weighted by Crippen LogP contribution is -2.16. The first kappa shape index (κ1) is 24.1. The molecule has 0 aliphatic heterocycles. The summed E-state index contributed by atoms with van der Waals surface area (Å²) in [5.41, 5.74) is 1.35. The number of hydrogen-bond acceptors (Lipinski definition) is 6. The molecule has 180 valence electrons. The Labute approximate surface area is 199 Å². The van der Waals surface area contributed by atoms with Gasteiger partial charge in [0.1, 0.15) is 6.61 Å². The minimum absolute atomic E-state index is 0.0121. The molecule has 1 N–H and O–H groups in total. The summed E-state index contributed by atoms with van der Waals surface area (Å²) in [6.07, 6.45) is -0.0498. The quantitative estimate of drug-likeness (QED) is 0.373. The van der Waals surface area contributed by atoms with Crippen LogP contribution < -0.4 is 9.46 Å². The number of benzene rings is 2. The Morgan fingerprint density at radius 1 is 0.971 bits per heavy atom. The fraction of sp³-hybridized carbons (Fsp3) is 0.125. The van der Waals surface area contributed by atoms with Gasteiger partial charge in [-0.1, -0.05) is 35.9 Å². The van der Waals surface area contributed by atoms with Gasteiger partial charge in [0, 0.05) is 23.5 Å². The molecule has 2 aromatic carbocycles. The zero-order valence-electron chi connectivity index (χ0n) is 18.3. The third-order valence-corrected chi connectivity index (χ3v) is 6.26. The van der Waals surface area contributed by atoms with Gasteiger partial charge in [0.15, 0.2) is 0 Å². The Hall–Kier alpha value is -3.99. The molecule has 0 aliphatic carbocycles. The van der Waals surface area contributed by atoms with E-state index < -0.39 is 21.8 Å². The van der Waals surface area contributed by atoms with Gasteiger partial charge in [0.25, 0.3) is 15.9 Å². The highest BCUT2D eigenvalue weighted by atomic mass is 32.2. The summed E-state index contributed by atoms with van der Waals surface area (Å²) in [7, 11) is -4.00. The Kier molecular flexibility index (Phi) is 6.70. The van der Waals surface area contributed by atoms with E-state index in [0.29, 0.717) is 11.1 Å². The van der Waals surface area contributed by atoms with Gasteiger partial charge in [-0.15, -0.1) is 0 Å². The zero-order valence-corrected chi connectivity index (χ0v) is 19.1. The molecule has 0 atom stereocenters. The molecular weight excluding hydrogens is 481 g/mol. The van der Waals surface area contributed by atoms with Gasteiger partial charge in [-0.25, -0.2) is 18.4 Å². The van der Waals surface area contributed by atoms with Crippen LogP contribution >= 0.6 is 0 Å². The predicted octanol–water partition coefficient (Wildman–Crippen LogP) is 5.25. The van der Waals surface area contributed by atoms with Crippen LogP contribution in [0.1, 0.15) is 16.7 Å². The van der Waals surface area contributed by atoms with Crippen LogP contribution in [-0.2, 0) is 22.8 Å². The molecule has 2 heterocycles. The zero-order chi connectivity index (χ0) is 25.1. The fourth-order valence-electron chi connectivity index (χ4n) is 3.05. The maximum absolute atomic E-state index is 12.9. The number of halogens is 3. The van der Waals surface area contributed by atoms with E-state index >= 15 is 0 Å². The first-order chi connectivity index (χ1) is 16.6. The van der Waals surface area contributed by atoms with Crippen LogP contribution in [0.4, 0.5) is 19.0 Å². The number of pyridine rings is 1. The second-order valence-corrected chi connectivity index (χ2v) is 9.24. The number of anilines is 1. The van der Waals surface area contributed by atoms with Crippen LogP contribution in [0.5, 0.6) is 5.88 Å². The molecule has 0 saturated carbocycles. The standard InChI is InChI=1S/C24H19F3N4O3S/c1-16-4-10-20(11-5-16)35(32,33)31-22-23(34-15-17-3-2-12-28-13-17)30-21(14-29-22)18-6-8-19(9-7-18)24(25,26)27/h2-14H,15H2,1H3,(H,29,31). The molecule has 4 aromatic rings. The topological polar surface area (TPSA) is 94.1 Å². The number of aromatic nitrogens is 3. The number of aryl methyl sites for hydroxylation is 1. The molecule has 0 unspecified atom stereocenters. The van der Waals surface area contributed by atoms with E-state index in [4.69, 9.17) is 4.74 Å². The SMILES string of the molecule is Cc1ccc(S(=O)(=O)Nc2ncc(-c3ccc(C(F)(F)F)cc3)nc2OCc2cccnc2)cc1. The minimum Gasteiger partial charge on any atom is -0.470 e. The van der Waals surface area contributed by atoms with Crippen molar-refractivity contribution in [2.75, 3.05) is 4.72 Å². The molecule has 0 amide bonds. The van der Waals surface area contributed by atoms with Crippen LogP contribution in [0.3, 0.4) is 0 Å². The van der Waals surface area contributed by atoms with Crippen molar-refractivity contribution < 1.29 is 26.3 Å². The lowest BCUT2D eigenvalue weighted by Gasteiger charge is -2.14. The molecule has 2 aromatic heterocycles. The summed E-state index contributed by atoms with van der Waals surface area (Å²) < 4.78 is 72.6. The predicted molar refractivity (Wildman–Crippen MR) is 123 cm³/mol. The van der Waals surface area contributed by atoms with Crippen LogP contribution in [0.2, 0.25) is 0 Å². The van der Waals surface area contributed by atoms with Crippen LogP contribution in [0.25, 0.3) is 11.3 Å². The molecule has 0 radical (unpaired) electrons. The van der Waals surface area contributed by atoms with Crippen molar-refractivity contribution >= 4 is 15.8 Å². The first-order valence-electron chi connectivity index (χ1n) is 10.3. The van der Waals surface area contributed by atoms with Gasteiger partial charge in [0.05, 0.1) is 22.3 Å². The Balaban J connectivity index is 1.67. The highest BCUT2D eigenvalue weighted by Crippen LogP contribution is 2.32. The number of rotatable bonds is 7. The Bertz CT molecular complexity index is 1410. The van der Waals surface area contributed by atoms with E-state index in [1.807, 2.05) is 6.92 Å². The summed E-state index contributed by atoms with van der Waals surface area (Å²) in [4.78, 5) is 12.5. The van der Waals surface area contributed by atoms with Gasteiger partial charge in [-0.3, -0.25) is 9.71 Å². The number of nitrogens with one attached hydrogen (secondary N) is 1. The molecule has 35 heavy (non-hydrogen) atoms. The number of alkyl halides is 3. The third-order valence-electron chi connectivity index (χ3n) is 4.91. The van der Waals surface area contributed by atoms with Crippen molar-refractivity contribution in [3.63, 3.8) is 0 Å². The van der Waals surface area contributed by atoms with E-state index in [2.05, 4.69) is 19.7 Å². The highest BCUT2D eigenvalue weighted by Gasteiger charge is 2.30. The monoisotopic (exact) mass is 500 g/mol. The molecular formula is C24H19F3N4O3S. The highest BCUT2D eigenvalue weighted by molar-refractivity contribution is 7.92. The normalized spacial score (nSPS) is 11.8. The van der Waals surface area contributed by atoms with E-state index in [1.54, 1.807) is 36.7 Å². The second kappa shape index (κ2) is 9.71. The van der Waals surface area contributed by atoms with Crippen molar-refractivity contribution in [2.45, 2.75) is 24.6 Å². The second-order valence-electron chi connectivity index (χ2n) is 7.55. The van der Waals surface area contributed by atoms with Crippen LogP contribution in [-0.4, -0.2) is 23.4 Å². The maximum Gasteiger partial charge on any atom is 0.416 e. The lowest BCUT2D eigenvalue weighted by atomic mass is 10.1. The van der Waals surface area contributed by atoms with E-state index in [-0.39, 0.29) is 28.9 Å². The number of hydrogen-bond donors (Lipinski definition) is 1. The molecule has 11 heteroatoms. The smallest absolute Gasteiger partial charge is 0.416 e. The van der Waals surface area contributed by atoms with Gasteiger partial charge in [-0.05, 0) is 37.3 Å². The van der Waals surface area contributed by atoms with Gasteiger partial charge in [-0.2, -0.15) is 13.2 Å². The average molecular weight is 501 g/mol. The Morgan fingerprint density at radius 2 is 1.69 bits per heavy atom.